The number of aromatic amines is 1. The van der Waals surface area contributed by atoms with E-state index >= 15 is 0 Å². The molecule has 1 aromatic carbocycles. The molecule has 2 unspecified atom stereocenters. The molecule has 6 nitrogen and oxygen atoms in total. The highest BCUT2D eigenvalue weighted by Crippen LogP contribution is 2.36. The predicted molar refractivity (Wildman–Crippen MR) is 128 cm³/mol. The quantitative estimate of drug-likeness (QED) is 0.628. The number of hydrogen-bond acceptors (Lipinski definition) is 5. The van der Waals surface area contributed by atoms with Crippen LogP contribution in [0, 0.1) is 5.92 Å². The summed E-state index contributed by atoms with van der Waals surface area (Å²) < 4.78 is 0. The Bertz CT molecular complexity index is 1180. The number of aryl methyl sites for hydroxylation is 1. The number of benzene rings is 1. The average Bonchev–Trinajstić information content (AvgIpc) is 3.17. The van der Waals surface area contributed by atoms with E-state index in [0.717, 1.165) is 61.2 Å². The van der Waals surface area contributed by atoms with Crippen LogP contribution < -0.4 is 10.9 Å². The van der Waals surface area contributed by atoms with Crippen LogP contribution in [0.3, 0.4) is 0 Å². The van der Waals surface area contributed by atoms with Crippen molar-refractivity contribution in [3.63, 3.8) is 0 Å². The zero-order valence-electron chi connectivity index (χ0n) is 18.7. The van der Waals surface area contributed by atoms with Gasteiger partial charge < -0.3 is 10.3 Å². The zero-order chi connectivity index (χ0) is 22.2. The number of carbonyl (C=O) groups is 1. The highest BCUT2D eigenvalue weighted by Gasteiger charge is 2.28. The lowest BCUT2D eigenvalue weighted by Crippen LogP contribution is -2.45. The van der Waals surface area contributed by atoms with Gasteiger partial charge in [0.15, 0.2) is 0 Å². The van der Waals surface area contributed by atoms with Gasteiger partial charge in [0.2, 0.25) is 0 Å². The van der Waals surface area contributed by atoms with Gasteiger partial charge in [0.1, 0.15) is 10.7 Å². The van der Waals surface area contributed by atoms with E-state index in [0.29, 0.717) is 11.5 Å². The van der Waals surface area contributed by atoms with Gasteiger partial charge in [0.05, 0.1) is 11.4 Å². The number of nitrogens with zero attached hydrogens (tertiary/aromatic N) is 2. The highest BCUT2D eigenvalue weighted by atomic mass is 32.1. The molecule has 1 amide bonds. The topological polar surface area (TPSA) is 78.1 Å². The molecule has 2 aromatic heterocycles. The Morgan fingerprint density at radius 2 is 1.97 bits per heavy atom. The molecule has 0 radical (unpaired) electrons. The number of aromatic nitrogens is 2. The number of H-pyrrole nitrogens is 1. The first-order valence-corrected chi connectivity index (χ1v) is 12.5. The summed E-state index contributed by atoms with van der Waals surface area (Å²) >= 11 is 1.70. The molecule has 1 aliphatic carbocycles. The largest absolute Gasteiger partial charge is 0.349 e. The van der Waals surface area contributed by atoms with Crippen LogP contribution in [-0.2, 0) is 12.8 Å². The SMILES string of the molecule is CC1CCc2c(sc3nc(C(C)N4CCC(NC(=O)c5ccccc5)CC4)[nH]c(=O)c23)C1. The fourth-order valence-corrected chi connectivity index (χ4v) is 6.42. The van der Waals surface area contributed by atoms with Gasteiger partial charge in [0.25, 0.3) is 11.5 Å². The molecule has 2 aliphatic rings. The van der Waals surface area contributed by atoms with E-state index < -0.39 is 0 Å². The smallest absolute Gasteiger partial charge is 0.259 e. The van der Waals surface area contributed by atoms with Gasteiger partial charge >= 0.3 is 0 Å². The van der Waals surface area contributed by atoms with Crippen LogP contribution in [0.2, 0.25) is 0 Å². The Morgan fingerprint density at radius 1 is 1.22 bits per heavy atom. The van der Waals surface area contributed by atoms with Crippen LogP contribution in [0.4, 0.5) is 0 Å². The summed E-state index contributed by atoms with van der Waals surface area (Å²) in [6.07, 6.45) is 4.97. The van der Waals surface area contributed by atoms with Crippen molar-refractivity contribution in [3.8, 4) is 0 Å². The standard InChI is InChI=1S/C25H30N4O2S/c1-15-8-9-19-20(14-15)32-25-21(19)24(31)27-22(28-25)16(2)29-12-10-18(11-13-29)26-23(30)17-6-4-3-5-7-17/h3-7,15-16,18H,8-14H2,1-2H3,(H,26,30)(H,27,28,31). The van der Waals surface area contributed by atoms with E-state index in [-0.39, 0.29) is 23.6 Å². The molecule has 0 saturated carbocycles. The third-order valence-corrected chi connectivity index (χ3v) is 8.18. The number of rotatable bonds is 4. The molecule has 3 aromatic rings. The second kappa shape index (κ2) is 8.79. The highest BCUT2D eigenvalue weighted by molar-refractivity contribution is 7.18. The van der Waals surface area contributed by atoms with Crippen molar-refractivity contribution in [1.82, 2.24) is 20.2 Å². The van der Waals surface area contributed by atoms with Crippen LogP contribution in [-0.4, -0.2) is 39.9 Å². The number of amides is 1. The molecule has 0 spiro atoms. The van der Waals surface area contributed by atoms with E-state index in [2.05, 4.69) is 29.0 Å². The molecular weight excluding hydrogens is 420 g/mol. The monoisotopic (exact) mass is 450 g/mol. The van der Waals surface area contributed by atoms with Crippen LogP contribution in [0.25, 0.3) is 10.2 Å². The molecular formula is C25H30N4O2S. The number of hydrogen-bond donors (Lipinski definition) is 2. The van der Waals surface area contributed by atoms with Crippen molar-refractivity contribution in [2.45, 2.75) is 58.0 Å². The maximum atomic E-state index is 13.0. The third-order valence-electron chi connectivity index (χ3n) is 7.03. The lowest BCUT2D eigenvalue weighted by Gasteiger charge is -2.35. The minimum absolute atomic E-state index is 0.00825. The first-order valence-electron chi connectivity index (χ1n) is 11.6. The summed E-state index contributed by atoms with van der Waals surface area (Å²) in [5.41, 5.74) is 1.94. The molecule has 2 N–H and O–H groups in total. The normalized spacial score (nSPS) is 20.8. The van der Waals surface area contributed by atoms with Gasteiger partial charge in [-0.1, -0.05) is 25.1 Å². The molecule has 1 saturated heterocycles. The summed E-state index contributed by atoms with van der Waals surface area (Å²) in [4.78, 5) is 38.0. The Labute approximate surface area is 192 Å². The predicted octanol–water partition coefficient (Wildman–Crippen LogP) is 4.06. The lowest BCUT2D eigenvalue weighted by atomic mass is 9.89. The molecule has 5 rings (SSSR count). The number of thiophene rings is 1. The molecule has 168 valence electrons. The second-order valence-electron chi connectivity index (χ2n) is 9.31. The molecule has 1 aliphatic heterocycles. The van der Waals surface area contributed by atoms with Crippen LogP contribution in [0.15, 0.2) is 35.1 Å². The Balaban J connectivity index is 1.26. The van der Waals surface area contributed by atoms with E-state index in [1.807, 2.05) is 30.3 Å². The maximum absolute atomic E-state index is 13.0. The molecule has 7 heteroatoms. The van der Waals surface area contributed by atoms with Crippen LogP contribution in [0.1, 0.15) is 65.8 Å². The summed E-state index contributed by atoms with van der Waals surface area (Å²) in [6.45, 7) is 6.12. The summed E-state index contributed by atoms with van der Waals surface area (Å²) in [7, 11) is 0. The zero-order valence-corrected chi connectivity index (χ0v) is 19.5. The molecule has 32 heavy (non-hydrogen) atoms. The van der Waals surface area contributed by atoms with Crippen molar-refractivity contribution in [2.75, 3.05) is 13.1 Å². The Kier molecular flexibility index (Phi) is 5.86. The van der Waals surface area contributed by atoms with Gasteiger partial charge in [-0.2, -0.15) is 0 Å². The Hall–Kier alpha value is -2.51. The fraction of sp³-hybridized carbons (Fsp3) is 0.480. The van der Waals surface area contributed by atoms with Crippen LogP contribution in [0.5, 0.6) is 0 Å². The van der Waals surface area contributed by atoms with Crippen molar-refractivity contribution < 1.29 is 4.79 Å². The number of nitrogens with one attached hydrogen (secondary N) is 2. The van der Waals surface area contributed by atoms with Gasteiger partial charge in [0, 0.05) is 29.6 Å². The minimum atomic E-state index is -0.00970. The van der Waals surface area contributed by atoms with E-state index in [1.54, 1.807) is 11.3 Å². The van der Waals surface area contributed by atoms with Crippen LogP contribution >= 0.6 is 11.3 Å². The van der Waals surface area contributed by atoms with Crippen molar-refractivity contribution >= 4 is 27.5 Å². The second-order valence-corrected chi connectivity index (χ2v) is 10.4. The number of fused-ring (bicyclic) bond motifs is 3. The third kappa shape index (κ3) is 4.11. The first kappa shape index (κ1) is 21.3. The van der Waals surface area contributed by atoms with Gasteiger partial charge in [-0.25, -0.2) is 4.98 Å². The average molecular weight is 451 g/mol. The van der Waals surface area contributed by atoms with Crippen molar-refractivity contribution in [1.29, 1.82) is 0 Å². The first-order chi connectivity index (χ1) is 15.5. The van der Waals surface area contributed by atoms with Gasteiger partial charge in [-0.05, 0) is 62.6 Å². The number of carbonyl (C=O) groups excluding carboxylic acids is 1. The minimum Gasteiger partial charge on any atom is -0.349 e. The van der Waals surface area contributed by atoms with E-state index in [4.69, 9.17) is 4.98 Å². The molecule has 0 bridgehead atoms. The lowest BCUT2D eigenvalue weighted by molar-refractivity contribution is 0.0893. The van der Waals surface area contributed by atoms with E-state index in [9.17, 15) is 9.59 Å². The van der Waals surface area contributed by atoms with Gasteiger partial charge in [-0.15, -0.1) is 11.3 Å². The summed E-state index contributed by atoms with van der Waals surface area (Å²) in [6, 6.07) is 9.57. The van der Waals surface area contributed by atoms with Crippen molar-refractivity contribution in [3.05, 3.63) is 62.5 Å². The van der Waals surface area contributed by atoms with Gasteiger partial charge in [-0.3, -0.25) is 14.5 Å². The summed E-state index contributed by atoms with van der Waals surface area (Å²) in [5, 5.41) is 3.98. The van der Waals surface area contributed by atoms with Crippen molar-refractivity contribution in [2.24, 2.45) is 5.92 Å². The molecule has 2 atom stereocenters. The number of piperidine rings is 1. The van der Waals surface area contributed by atoms with E-state index in [1.165, 1.54) is 10.4 Å². The maximum Gasteiger partial charge on any atom is 0.259 e. The molecule has 1 fully saturated rings. The molecule has 3 heterocycles. The Morgan fingerprint density at radius 3 is 2.72 bits per heavy atom. The fourth-order valence-electron chi connectivity index (χ4n) is 5.03. The summed E-state index contributed by atoms with van der Waals surface area (Å²) in [5.74, 6) is 1.42. The number of likely N-dealkylation sites (tertiary alicyclic amines) is 1.